The van der Waals surface area contributed by atoms with Gasteiger partial charge in [0.05, 0.1) is 25.2 Å². The lowest BCUT2D eigenvalue weighted by molar-refractivity contribution is -0.142. The number of carbonyl (C=O) groups excluding carboxylic acids is 2. The predicted octanol–water partition coefficient (Wildman–Crippen LogP) is 11.2. The van der Waals surface area contributed by atoms with Crippen molar-refractivity contribution in [1.29, 1.82) is 0 Å². The Hall–Kier alpha value is -7.38. The first-order valence-electron chi connectivity index (χ1n) is 32.6. The zero-order valence-electron chi connectivity index (χ0n) is 52.2. The molecule has 0 radical (unpaired) electrons. The fourth-order valence-corrected chi connectivity index (χ4v) is 14.8. The van der Waals surface area contributed by atoms with Crippen molar-refractivity contribution in [1.82, 2.24) is 15.6 Å². The summed E-state index contributed by atoms with van der Waals surface area (Å²) in [5.41, 5.74) is 8.94. The quantitative estimate of drug-likeness (QED) is 0.0382. The smallest absolute Gasteiger partial charge is 0.173 e. The number of hydrogen-bond donors (Lipinski definition) is 11. The molecule has 14 nitrogen and oxygen atoms in total. The highest BCUT2D eigenvalue weighted by atomic mass is 16.5. The fraction of sp³-hybridized carbons (Fsp3) is 0.467. The SMILES string of the molecule is CCCC1C(O)Cc2cc(c[nH]2)C(C)CNCC(O)Cc2ccc3ccc(cc3c2O)NC2=CC(=CCN2)C(CCCO)C2CC3C#CC(c4ccccc4CCC(C)CCc4cccc(O)c4)c4cc(O)c(OC)cc4CCC(=O)C(O)C(=O)C3CC1C2. The van der Waals surface area contributed by atoms with Gasteiger partial charge in [0.1, 0.15) is 17.3 Å². The minimum atomic E-state index is -1.91. The minimum Gasteiger partial charge on any atom is -0.508 e. The van der Waals surface area contributed by atoms with E-state index in [0.29, 0.717) is 86.2 Å². The van der Waals surface area contributed by atoms with Gasteiger partial charge in [0.2, 0.25) is 0 Å². The third kappa shape index (κ3) is 15.8. The maximum absolute atomic E-state index is 15.5. The molecule has 9 bridgehead atoms. The number of ketones is 2. The molecule has 0 saturated heterocycles. The molecular weight excluding hydrogens is 1120 g/mol. The first-order valence-corrected chi connectivity index (χ1v) is 32.6. The number of carbonyl (C=O) groups is 2. The number of aryl methyl sites for hydroxylation is 3. The highest BCUT2D eigenvalue weighted by molar-refractivity contribution is 6.06. The summed E-state index contributed by atoms with van der Waals surface area (Å²) < 4.78 is 5.66. The Morgan fingerprint density at radius 1 is 0.798 bits per heavy atom. The third-order valence-electron chi connectivity index (χ3n) is 19.8. The lowest BCUT2D eigenvalue weighted by Gasteiger charge is -2.36. The number of phenols is 3. The Morgan fingerprint density at radius 2 is 1.62 bits per heavy atom. The van der Waals surface area contributed by atoms with Crippen molar-refractivity contribution < 1.29 is 50.1 Å². The van der Waals surface area contributed by atoms with Crippen LogP contribution in [0, 0.1) is 53.3 Å². The number of benzene rings is 5. The van der Waals surface area contributed by atoms with E-state index in [1.54, 1.807) is 18.2 Å². The molecule has 11 N–H and O–H groups in total. The predicted molar refractivity (Wildman–Crippen MR) is 350 cm³/mol. The number of aliphatic hydroxyl groups excluding tert-OH is 4. The number of H-pyrrole nitrogens is 1. The maximum atomic E-state index is 15.5. The van der Waals surface area contributed by atoms with E-state index in [2.05, 4.69) is 83.9 Å². The van der Waals surface area contributed by atoms with Crippen LogP contribution in [0.4, 0.5) is 5.69 Å². The lowest BCUT2D eigenvalue weighted by atomic mass is 9.71. The summed E-state index contributed by atoms with van der Waals surface area (Å²) in [7, 11) is 1.48. The standard InChI is InChI=1S/C75H92N4O10/c1-5-10-63-55-33-54(61(15-9-30-80)52-28-29-77-72(38-52)79-57-25-22-49-20-21-53(73(86)67(49)39-57)35-60(82)44-76-42-46(3)56-34-58(78-43-56)40-69(63)84)32-50-23-26-64(62-14-7-6-12-48(62)19-17-45(2)16-18-47-11-8-13-59(81)31-47)65-41-70(85)71(89-4)37-51(65)24-27-68(83)75(88)74(87)66(50)36-55/h6-8,11-14,20-22,25,28,31,34,37-39,41,43,45-46,50,54-55,60-61,63-64,66,69,75-82,84-86,88H,5,9-10,15-19,24,27,29-30,32-33,35-36,40,42,44H2,1-4H3. The van der Waals surface area contributed by atoms with Crippen LogP contribution in [-0.4, -0.2) is 104 Å². The molecule has 12 atom stereocenters. The van der Waals surface area contributed by atoms with E-state index in [0.717, 1.165) is 82.5 Å². The number of nitrogens with one attached hydrogen (secondary N) is 4. The summed E-state index contributed by atoms with van der Waals surface area (Å²) in [6, 6.07) is 31.0. The molecule has 89 heavy (non-hydrogen) atoms. The largest absolute Gasteiger partial charge is 0.508 e. The molecular formula is C75H92N4O10. The van der Waals surface area contributed by atoms with E-state index in [-0.39, 0.29) is 84.9 Å². The Kier molecular flexibility index (Phi) is 21.7. The number of dihydropyridines is 1. The summed E-state index contributed by atoms with van der Waals surface area (Å²) in [4.78, 5) is 33.5. The second-order valence-electron chi connectivity index (χ2n) is 26.1. The Labute approximate surface area is 524 Å². The molecule has 2 aliphatic heterocycles. The highest BCUT2D eigenvalue weighted by Gasteiger charge is 2.45. The number of phenolic OH excluding ortho intramolecular Hbond substituents is 3. The topological polar surface area (TPSA) is 237 Å². The van der Waals surface area contributed by atoms with Crippen molar-refractivity contribution in [2.24, 2.45) is 41.4 Å². The number of ether oxygens (including phenoxy) is 1. The van der Waals surface area contributed by atoms with Gasteiger partial charge in [-0.1, -0.05) is 99.7 Å². The molecule has 10 rings (SSSR count). The van der Waals surface area contributed by atoms with Crippen molar-refractivity contribution in [3.05, 3.63) is 171 Å². The van der Waals surface area contributed by atoms with Crippen LogP contribution in [0.1, 0.15) is 141 Å². The first-order chi connectivity index (χ1) is 43.1. The number of methoxy groups -OCH3 is 1. The summed E-state index contributed by atoms with van der Waals surface area (Å²) in [5, 5.41) is 92.5. The Bertz CT molecular complexity index is 3560. The van der Waals surface area contributed by atoms with Crippen LogP contribution in [0.5, 0.6) is 23.0 Å². The van der Waals surface area contributed by atoms with E-state index < -0.39 is 47.6 Å². The number of fused-ring (bicyclic) bond motifs is 9. The van der Waals surface area contributed by atoms with Crippen LogP contribution in [-0.2, 0) is 41.7 Å². The van der Waals surface area contributed by atoms with Crippen molar-refractivity contribution in [3.63, 3.8) is 0 Å². The molecule has 2 aliphatic carbocycles. The number of rotatable bonds is 13. The molecule has 4 aliphatic rings. The Balaban J connectivity index is 1.09. The number of aromatic amines is 1. The second kappa shape index (κ2) is 30.0. The van der Waals surface area contributed by atoms with Gasteiger partial charge in [0.15, 0.2) is 29.2 Å². The molecule has 12 unspecified atom stereocenters. The summed E-state index contributed by atoms with van der Waals surface area (Å²) in [6.07, 6.45) is 10.6. The van der Waals surface area contributed by atoms with Crippen LogP contribution >= 0.6 is 0 Å². The van der Waals surface area contributed by atoms with E-state index >= 15 is 4.79 Å². The molecule has 6 aromatic rings. The first kappa shape index (κ1) is 64.6. The molecule has 14 heteroatoms. The van der Waals surface area contributed by atoms with Gasteiger partial charge in [-0.2, -0.15) is 0 Å². The van der Waals surface area contributed by atoms with Crippen LogP contribution < -0.4 is 20.7 Å². The van der Waals surface area contributed by atoms with E-state index in [1.807, 2.05) is 66.9 Å². The van der Waals surface area contributed by atoms with Crippen LogP contribution in [0.3, 0.4) is 0 Å². The zero-order chi connectivity index (χ0) is 62.7. The molecule has 1 saturated carbocycles. The minimum absolute atomic E-state index is 0.0380. The highest BCUT2D eigenvalue weighted by Crippen LogP contribution is 2.48. The van der Waals surface area contributed by atoms with Gasteiger partial charge in [0.25, 0.3) is 0 Å². The number of Topliss-reactive ketones (excluding diaryl/α,β-unsaturated/α-hetero) is 2. The molecule has 0 amide bonds. The van der Waals surface area contributed by atoms with Gasteiger partial charge in [-0.3, -0.25) is 9.59 Å². The van der Waals surface area contributed by atoms with Gasteiger partial charge in [-0.05, 0) is 205 Å². The number of aromatic hydroxyl groups is 3. The van der Waals surface area contributed by atoms with Crippen molar-refractivity contribution in [2.75, 3.05) is 38.7 Å². The van der Waals surface area contributed by atoms with E-state index in [9.17, 15) is 40.5 Å². The number of aliphatic hydroxyl groups is 4. The van der Waals surface area contributed by atoms with Crippen LogP contribution in [0.2, 0.25) is 0 Å². The maximum Gasteiger partial charge on any atom is 0.173 e. The average Bonchev–Trinajstić information content (AvgIpc) is 1.98. The number of aromatic nitrogens is 1. The van der Waals surface area contributed by atoms with Gasteiger partial charge < -0.3 is 61.4 Å². The van der Waals surface area contributed by atoms with Crippen molar-refractivity contribution >= 4 is 28.0 Å². The van der Waals surface area contributed by atoms with Gasteiger partial charge in [-0.15, -0.1) is 0 Å². The van der Waals surface area contributed by atoms with Crippen molar-refractivity contribution in [3.8, 4) is 34.8 Å². The summed E-state index contributed by atoms with van der Waals surface area (Å²) in [5.74, 6) is 5.11. The molecule has 5 aromatic carbocycles. The van der Waals surface area contributed by atoms with Gasteiger partial charge in [0, 0.05) is 80.3 Å². The number of hydrogen-bond acceptors (Lipinski definition) is 13. The zero-order valence-corrected chi connectivity index (χ0v) is 52.2. The fourth-order valence-electron chi connectivity index (χ4n) is 14.8. The summed E-state index contributed by atoms with van der Waals surface area (Å²) >= 11 is 0. The second-order valence-corrected chi connectivity index (χ2v) is 26.1. The molecule has 3 heterocycles. The van der Waals surface area contributed by atoms with Crippen LogP contribution in [0.15, 0.2) is 127 Å². The number of allylic oxidation sites excluding steroid dienone is 2. The summed E-state index contributed by atoms with van der Waals surface area (Å²) in [6.45, 7) is 7.85. The molecule has 1 fully saturated rings. The molecule has 472 valence electrons. The number of β-amino-alcohol motifs (C(OH)–C–C–N with tert-alkyl or cyclic N) is 1. The normalized spacial score (nSPS) is 25.8. The van der Waals surface area contributed by atoms with E-state index in [4.69, 9.17) is 4.74 Å². The number of anilines is 1. The van der Waals surface area contributed by atoms with E-state index in [1.165, 1.54) is 7.11 Å². The van der Waals surface area contributed by atoms with Crippen LogP contribution in [0.25, 0.3) is 10.8 Å². The average molecular weight is 1210 g/mol. The third-order valence-corrected chi connectivity index (χ3v) is 19.8. The molecule has 0 spiro atoms. The van der Waals surface area contributed by atoms with Gasteiger partial charge >= 0.3 is 0 Å². The molecule has 1 aromatic heterocycles. The lowest BCUT2D eigenvalue weighted by Crippen LogP contribution is -2.40. The van der Waals surface area contributed by atoms with Gasteiger partial charge in [-0.25, -0.2) is 0 Å². The monoisotopic (exact) mass is 1210 g/mol. The Morgan fingerprint density at radius 3 is 2.43 bits per heavy atom. The van der Waals surface area contributed by atoms with Crippen molar-refractivity contribution in [2.45, 2.75) is 147 Å².